The number of ether oxygens (including phenoxy) is 2. The lowest BCUT2D eigenvalue weighted by Crippen LogP contribution is -2.59. The van der Waals surface area contributed by atoms with Gasteiger partial charge in [0.2, 0.25) is 17.7 Å². The van der Waals surface area contributed by atoms with Crippen molar-refractivity contribution < 1.29 is 29.0 Å². The van der Waals surface area contributed by atoms with Crippen LogP contribution in [0, 0.1) is 23.7 Å². The Morgan fingerprint density at radius 3 is 2.41 bits per heavy atom. The van der Waals surface area contributed by atoms with Gasteiger partial charge in [-0.2, -0.15) is 0 Å². The van der Waals surface area contributed by atoms with Crippen LogP contribution in [0.25, 0.3) is 0 Å². The van der Waals surface area contributed by atoms with Gasteiger partial charge in [0.15, 0.2) is 0 Å². The number of carbonyl (C=O) groups excluding carboxylic acids is 3. The lowest BCUT2D eigenvalue weighted by atomic mass is 9.62. The molecule has 5 rings (SSSR count). The zero-order chi connectivity index (χ0) is 29.5. The van der Waals surface area contributed by atoms with Gasteiger partial charge in [-0.25, -0.2) is 0 Å². The fourth-order valence-corrected chi connectivity index (χ4v) is 7.26. The predicted octanol–water partition coefficient (Wildman–Crippen LogP) is 3.37. The average molecular weight is 564 g/mol. The molecule has 3 fully saturated rings. The minimum atomic E-state index is -1.19. The Balaban J connectivity index is 1.50. The predicted molar refractivity (Wildman–Crippen MR) is 154 cm³/mol. The fraction of sp³-hybridized carbons (Fsp3) is 0.531. The fourth-order valence-electron chi connectivity index (χ4n) is 7.26. The topological polar surface area (TPSA) is 117 Å². The molecule has 3 N–H and O–H groups in total. The van der Waals surface area contributed by atoms with E-state index in [-0.39, 0.29) is 36.2 Å². The quantitative estimate of drug-likeness (QED) is 0.408. The van der Waals surface area contributed by atoms with E-state index < -0.39 is 35.1 Å². The first kappa shape index (κ1) is 29.1. The highest BCUT2D eigenvalue weighted by atomic mass is 16.5. The van der Waals surface area contributed by atoms with E-state index in [1.807, 2.05) is 65.0 Å². The van der Waals surface area contributed by atoms with Crippen LogP contribution < -0.4 is 15.4 Å². The van der Waals surface area contributed by atoms with Gasteiger partial charge < -0.3 is 30.1 Å². The van der Waals surface area contributed by atoms with Crippen molar-refractivity contribution in [2.45, 2.75) is 70.9 Å². The lowest BCUT2D eigenvalue weighted by Gasteiger charge is -2.38. The third-order valence-electron chi connectivity index (χ3n) is 9.34. The summed E-state index contributed by atoms with van der Waals surface area (Å²) in [5.74, 6) is -2.16. The summed E-state index contributed by atoms with van der Waals surface area (Å²) in [7, 11) is 0. The molecule has 41 heavy (non-hydrogen) atoms. The Labute approximate surface area is 241 Å². The van der Waals surface area contributed by atoms with E-state index in [2.05, 4.69) is 10.6 Å². The van der Waals surface area contributed by atoms with E-state index in [0.717, 1.165) is 5.56 Å². The maximum atomic E-state index is 14.4. The van der Waals surface area contributed by atoms with Crippen molar-refractivity contribution in [3.05, 3.63) is 60.2 Å². The number of hydrogen-bond donors (Lipinski definition) is 3. The molecule has 3 heterocycles. The minimum absolute atomic E-state index is 0.0846. The smallest absolute Gasteiger partial charge is 0.246 e. The highest BCUT2D eigenvalue weighted by molar-refractivity contribution is 6.02. The first-order valence-corrected chi connectivity index (χ1v) is 14.6. The second kappa shape index (κ2) is 11.1. The Morgan fingerprint density at radius 2 is 1.80 bits per heavy atom. The molecule has 3 saturated heterocycles. The number of aliphatic hydroxyl groups excluding tert-OH is 1. The molecule has 7 atom stereocenters. The van der Waals surface area contributed by atoms with Crippen LogP contribution in [-0.4, -0.2) is 64.2 Å². The third-order valence-corrected chi connectivity index (χ3v) is 9.34. The van der Waals surface area contributed by atoms with Gasteiger partial charge in [-0.1, -0.05) is 51.1 Å². The summed E-state index contributed by atoms with van der Waals surface area (Å²) in [4.78, 5) is 43.9. The third kappa shape index (κ3) is 4.78. The van der Waals surface area contributed by atoms with Crippen LogP contribution in [-0.2, 0) is 25.7 Å². The molecule has 0 aliphatic carbocycles. The molecule has 9 nitrogen and oxygen atoms in total. The van der Waals surface area contributed by atoms with Gasteiger partial charge in [-0.05, 0) is 61.9 Å². The molecular formula is C32H41N3O6. The van der Waals surface area contributed by atoms with E-state index in [1.54, 1.807) is 24.3 Å². The van der Waals surface area contributed by atoms with E-state index in [1.165, 1.54) is 4.90 Å². The Bertz CT molecular complexity index is 1280. The summed E-state index contributed by atoms with van der Waals surface area (Å²) in [5, 5.41) is 16.4. The van der Waals surface area contributed by atoms with E-state index >= 15 is 0 Å². The second-order valence-corrected chi connectivity index (χ2v) is 12.1. The molecule has 3 aliphatic rings. The average Bonchev–Trinajstić information content (AvgIpc) is 3.46. The standard InChI is InChI=1S/C32H41N3O6/c1-6-40-23-14-12-22(13-15-23)34-28(37)25-26-30(39)35(24(18-36)19(2)3)27(32(26)16-20(4)31(25,5)41-32)29(38)33-17-21-10-8-7-9-11-21/h7-15,19-20,24-27,36H,6,16-18H2,1-5H3,(H,33,38)(H,34,37)/t20?,24-,25+,26-,27?,31-,32?/m0/s1. The van der Waals surface area contributed by atoms with Gasteiger partial charge in [-0.3, -0.25) is 14.4 Å². The number of rotatable bonds is 10. The number of carbonyl (C=O) groups is 3. The van der Waals surface area contributed by atoms with Crippen LogP contribution in [0.1, 0.15) is 46.6 Å². The first-order valence-electron chi connectivity index (χ1n) is 14.6. The summed E-state index contributed by atoms with van der Waals surface area (Å²) in [5.41, 5.74) is -0.610. The van der Waals surface area contributed by atoms with Crippen LogP contribution in [0.4, 0.5) is 5.69 Å². The van der Waals surface area contributed by atoms with E-state index in [0.29, 0.717) is 31.0 Å². The molecule has 2 aromatic carbocycles. The molecule has 3 aliphatic heterocycles. The highest BCUT2D eigenvalue weighted by Gasteiger charge is 2.80. The van der Waals surface area contributed by atoms with Crippen molar-refractivity contribution in [2.75, 3.05) is 18.5 Å². The summed E-state index contributed by atoms with van der Waals surface area (Å²) < 4.78 is 12.3. The Morgan fingerprint density at radius 1 is 1.12 bits per heavy atom. The molecule has 2 bridgehead atoms. The lowest BCUT2D eigenvalue weighted by molar-refractivity contribution is -0.151. The molecule has 2 aromatic rings. The summed E-state index contributed by atoms with van der Waals surface area (Å²) in [6.07, 6.45) is 0.461. The molecule has 0 radical (unpaired) electrons. The molecule has 0 aromatic heterocycles. The Hall–Kier alpha value is -3.43. The normalized spacial score (nSPS) is 30.8. The number of aliphatic hydroxyl groups is 1. The minimum Gasteiger partial charge on any atom is -0.494 e. The molecule has 9 heteroatoms. The van der Waals surface area contributed by atoms with Crippen molar-refractivity contribution in [3.8, 4) is 5.75 Å². The SMILES string of the molecule is CCOc1ccc(NC(=O)[C@H]2[C@H]3C(=O)N([C@@H](CO)C(C)C)C(C(=O)NCc4ccccc4)C34CC(C)[C@]2(C)O4)cc1. The van der Waals surface area contributed by atoms with Crippen molar-refractivity contribution in [1.29, 1.82) is 0 Å². The van der Waals surface area contributed by atoms with Crippen molar-refractivity contribution >= 4 is 23.4 Å². The van der Waals surface area contributed by atoms with Crippen molar-refractivity contribution in [2.24, 2.45) is 23.7 Å². The van der Waals surface area contributed by atoms with Gasteiger partial charge >= 0.3 is 0 Å². The summed E-state index contributed by atoms with van der Waals surface area (Å²) in [6, 6.07) is 15.1. The monoisotopic (exact) mass is 563 g/mol. The molecule has 3 amide bonds. The number of likely N-dealkylation sites (tertiary alicyclic amines) is 1. The van der Waals surface area contributed by atoms with Crippen LogP contribution in [0.5, 0.6) is 5.75 Å². The number of nitrogens with one attached hydrogen (secondary N) is 2. The van der Waals surface area contributed by atoms with Crippen LogP contribution in [0.15, 0.2) is 54.6 Å². The van der Waals surface area contributed by atoms with E-state index in [4.69, 9.17) is 9.47 Å². The summed E-state index contributed by atoms with van der Waals surface area (Å²) >= 11 is 0. The Kier molecular flexibility index (Phi) is 7.87. The number of benzene rings is 2. The molecule has 0 saturated carbocycles. The zero-order valence-electron chi connectivity index (χ0n) is 24.4. The van der Waals surface area contributed by atoms with Gasteiger partial charge in [0.1, 0.15) is 17.4 Å². The number of fused-ring (bicyclic) bond motifs is 1. The first-order chi connectivity index (χ1) is 19.6. The van der Waals surface area contributed by atoms with Gasteiger partial charge in [0.25, 0.3) is 0 Å². The number of amides is 3. The van der Waals surface area contributed by atoms with E-state index in [9.17, 15) is 19.5 Å². The zero-order valence-corrected chi connectivity index (χ0v) is 24.4. The van der Waals surface area contributed by atoms with Gasteiger partial charge in [0, 0.05) is 12.2 Å². The molecule has 3 unspecified atom stereocenters. The number of anilines is 1. The second-order valence-electron chi connectivity index (χ2n) is 12.1. The van der Waals surface area contributed by atoms with Gasteiger partial charge in [0.05, 0.1) is 36.7 Å². The number of hydrogen-bond acceptors (Lipinski definition) is 6. The van der Waals surface area contributed by atoms with Crippen LogP contribution >= 0.6 is 0 Å². The van der Waals surface area contributed by atoms with Gasteiger partial charge in [-0.15, -0.1) is 0 Å². The maximum absolute atomic E-state index is 14.4. The molecule has 220 valence electrons. The van der Waals surface area contributed by atoms with Crippen LogP contribution in [0.2, 0.25) is 0 Å². The maximum Gasteiger partial charge on any atom is 0.246 e. The molecular weight excluding hydrogens is 522 g/mol. The van der Waals surface area contributed by atoms with Crippen molar-refractivity contribution in [3.63, 3.8) is 0 Å². The van der Waals surface area contributed by atoms with Crippen molar-refractivity contribution in [1.82, 2.24) is 10.2 Å². The largest absolute Gasteiger partial charge is 0.494 e. The highest BCUT2D eigenvalue weighted by Crippen LogP contribution is 2.65. The number of nitrogens with zero attached hydrogens (tertiary/aromatic N) is 1. The molecule has 1 spiro atoms. The van der Waals surface area contributed by atoms with Crippen LogP contribution in [0.3, 0.4) is 0 Å². The summed E-state index contributed by atoms with van der Waals surface area (Å²) in [6.45, 7) is 10.2.